The number of ether oxygens (including phenoxy) is 1. The van der Waals surface area contributed by atoms with Crippen LogP contribution in [0.3, 0.4) is 0 Å². The van der Waals surface area contributed by atoms with Gasteiger partial charge in [-0.1, -0.05) is 44.3 Å². The van der Waals surface area contributed by atoms with Crippen molar-refractivity contribution in [3.05, 3.63) is 12.2 Å². The molecule has 128 valence electrons. The molecule has 0 saturated carbocycles. The van der Waals surface area contributed by atoms with Gasteiger partial charge in [-0.15, -0.1) is 0 Å². The second kappa shape index (κ2) is 12.7. The van der Waals surface area contributed by atoms with Crippen LogP contribution in [-0.2, 0) is 9.53 Å². The van der Waals surface area contributed by atoms with E-state index in [9.17, 15) is 9.90 Å². The number of allylic oxidation sites excluding steroid dienone is 1. The zero-order valence-electron chi connectivity index (χ0n) is 13.7. The Balaban J connectivity index is 1.82. The van der Waals surface area contributed by atoms with Gasteiger partial charge in [0.05, 0.1) is 12.2 Å². The summed E-state index contributed by atoms with van der Waals surface area (Å²) in [5, 5.41) is 18.9. The van der Waals surface area contributed by atoms with Gasteiger partial charge in [0.1, 0.15) is 0 Å². The zero-order chi connectivity index (χ0) is 16.0. The molecule has 0 amide bonds. The Morgan fingerprint density at radius 2 is 1.68 bits per heavy atom. The quantitative estimate of drug-likeness (QED) is 0.287. The van der Waals surface area contributed by atoms with Gasteiger partial charge in [-0.25, -0.2) is 0 Å². The molecule has 1 aliphatic rings. The molecule has 1 aliphatic heterocycles. The van der Waals surface area contributed by atoms with E-state index in [1.54, 1.807) is 0 Å². The predicted molar refractivity (Wildman–Crippen MR) is 85.3 cm³/mol. The number of hydrogen-bond donors (Lipinski definition) is 1. The fraction of sp³-hybridized carbons (Fsp3) is 0.833. The van der Waals surface area contributed by atoms with E-state index >= 15 is 0 Å². The van der Waals surface area contributed by atoms with Crippen LogP contribution >= 0.6 is 0 Å². The van der Waals surface area contributed by atoms with Gasteiger partial charge in [-0.2, -0.15) is 0 Å². The summed E-state index contributed by atoms with van der Waals surface area (Å²) < 4.78 is 5.65. The van der Waals surface area contributed by atoms with Gasteiger partial charge in [0.15, 0.2) is 0 Å². The molecular formula is C18H31O4-. The van der Waals surface area contributed by atoms with Crippen LogP contribution in [0.25, 0.3) is 0 Å². The van der Waals surface area contributed by atoms with Crippen LogP contribution in [0.2, 0.25) is 0 Å². The molecule has 1 rings (SSSR count). The first-order valence-electron chi connectivity index (χ1n) is 8.85. The third kappa shape index (κ3) is 10.8. The predicted octanol–water partition coefficient (Wildman–Crippen LogP) is 2.73. The van der Waals surface area contributed by atoms with E-state index in [1.807, 2.05) is 0 Å². The second-order valence-electron chi connectivity index (χ2n) is 6.17. The van der Waals surface area contributed by atoms with E-state index in [4.69, 9.17) is 9.84 Å². The lowest BCUT2D eigenvalue weighted by atomic mass is 10.1. The van der Waals surface area contributed by atoms with E-state index in [0.717, 1.165) is 57.8 Å². The molecule has 2 unspecified atom stereocenters. The van der Waals surface area contributed by atoms with Gasteiger partial charge >= 0.3 is 0 Å². The lowest BCUT2D eigenvalue weighted by Crippen LogP contribution is -2.21. The minimum Gasteiger partial charge on any atom is -0.550 e. The average Bonchev–Trinajstić information content (AvgIpc) is 3.23. The van der Waals surface area contributed by atoms with Gasteiger partial charge in [0.2, 0.25) is 0 Å². The van der Waals surface area contributed by atoms with Gasteiger partial charge in [-0.3, -0.25) is 0 Å². The number of carbonyl (C=O) groups is 1. The van der Waals surface area contributed by atoms with Crippen LogP contribution in [0.1, 0.15) is 77.0 Å². The molecule has 4 heteroatoms. The van der Waals surface area contributed by atoms with Crippen molar-refractivity contribution in [1.29, 1.82) is 0 Å². The minimum atomic E-state index is -0.935. The number of aliphatic carboxylic acids is 1. The Kier molecular flexibility index (Phi) is 11.0. The Labute approximate surface area is 134 Å². The van der Waals surface area contributed by atoms with E-state index in [0.29, 0.717) is 18.8 Å². The van der Waals surface area contributed by atoms with Gasteiger partial charge in [-0.05, 0) is 44.9 Å². The summed E-state index contributed by atoms with van der Waals surface area (Å²) in [5.74, 6) is -0.935. The van der Waals surface area contributed by atoms with Crippen LogP contribution in [0.4, 0.5) is 0 Å². The monoisotopic (exact) mass is 311 g/mol. The number of aliphatic hydroxyl groups is 1. The van der Waals surface area contributed by atoms with Crippen molar-refractivity contribution >= 4 is 5.97 Å². The molecule has 0 aromatic carbocycles. The molecule has 4 nitrogen and oxygen atoms in total. The summed E-state index contributed by atoms with van der Waals surface area (Å²) in [6, 6.07) is 0. The Morgan fingerprint density at radius 3 is 2.45 bits per heavy atom. The summed E-state index contributed by atoms with van der Waals surface area (Å²) in [4.78, 5) is 10.3. The third-order valence-corrected chi connectivity index (χ3v) is 4.12. The molecular weight excluding hydrogens is 280 g/mol. The third-order valence-electron chi connectivity index (χ3n) is 4.12. The largest absolute Gasteiger partial charge is 0.550 e. The number of carboxylic acids is 1. The van der Waals surface area contributed by atoms with Crippen LogP contribution < -0.4 is 5.11 Å². The van der Waals surface area contributed by atoms with Crippen LogP contribution in [0, 0.1) is 0 Å². The van der Waals surface area contributed by atoms with Crippen LogP contribution in [0.15, 0.2) is 12.2 Å². The first kappa shape index (κ1) is 19.2. The standard InChI is InChI=1S/C18H32O4/c19-15-11-7-2-1-4-8-12-16-17(22-16)13-9-5-3-6-10-14-18(20)21/h4,8,16-17,19H,1-3,5-7,9-15H2,(H,20,21)/p-1/b8-4-. The number of rotatable bonds is 15. The minimum absolute atomic E-state index is 0.195. The molecule has 0 radical (unpaired) electrons. The van der Waals surface area contributed by atoms with Gasteiger partial charge in [0, 0.05) is 12.6 Å². The number of carbonyl (C=O) groups excluding carboxylic acids is 1. The van der Waals surface area contributed by atoms with Crippen molar-refractivity contribution in [2.75, 3.05) is 6.61 Å². The molecule has 1 fully saturated rings. The van der Waals surface area contributed by atoms with E-state index in [-0.39, 0.29) is 6.42 Å². The Bertz CT molecular complexity index is 314. The number of aliphatic hydroxyl groups excluding tert-OH is 1. The smallest absolute Gasteiger partial charge is 0.0876 e. The number of unbranched alkanes of at least 4 members (excludes halogenated alkanes) is 7. The maximum absolute atomic E-state index is 10.3. The van der Waals surface area contributed by atoms with E-state index < -0.39 is 5.97 Å². The van der Waals surface area contributed by atoms with Crippen molar-refractivity contribution < 1.29 is 19.7 Å². The molecule has 1 saturated heterocycles. The summed E-state index contributed by atoms with van der Waals surface area (Å²) in [6.07, 6.45) is 17.1. The topological polar surface area (TPSA) is 72.9 Å². The molecule has 1 N–H and O–H groups in total. The molecule has 2 atom stereocenters. The fourth-order valence-corrected chi connectivity index (χ4v) is 2.68. The maximum atomic E-state index is 10.3. The molecule has 0 aromatic heterocycles. The fourth-order valence-electron chi connectivity index (χ4n) is 2.68. The van der Waals surface area contributed by atoms with Crippen molar-refractivity contribution in [2.24, 2.45) is 0 Å². The van der Waals surface area contributed by atoms with Gasteiger partial charge < -0.3 is 19.7 Å². The summed E-state index contributed by atoms with van der Waals surface area (Å²) >= 11 is 0. The highest BCUT2D eigenvalue weighted by molar-refractivity contribution is 5.63. The normalized spacial score (nSPS) is 20.6. The summed E-state index contributed by atoms with van der Waals surface area (Å²) in [7, 11) is 0. The highest BCUT2D eigenvalue weighted by atomic mass is 16.6. The lowest BCUT2D eigenvalue weighted by Gasteiger charge is -2.01. The molecule has 0 spiro atoms. The van der Waals surface area contributed by atoms with Crippen LogP contribution in [-0.4, -0.2) is 29.9 Å². The summed E-state index contributed by atoms with van der Waals surface area (Å²) in [5.41, 5.74) is 0. The van der Waals surface area contributed by atoms with Crippen molar-refractivity contribution in [1.82, 2.24) is 0 Å². The number of hydrogen-bond acceptors (Lipinski definition) is 4. The molecule has 0 bridgehead atoms. The van der Waals surface area contributed by atoms with Crippen molar-refractivity contribution in [2.45, 2.75) is 89.3 Å². The first-order valence-corrected chi connectivity index (χ1v) is 8.85. The molecule has 0 aromatic rings. The molecule has 22 heavy (non-hydrogen) atoms. The molecule has 0 aliphatic carbocycles. The SMILES string of the molecule is O=C([O-])CCCCCCCC1OC1C/C=C\CCCCCO. The maximum Gasteiger partial charge on any atom is 0.0876 e. The van der Waals surface area contributed by atoms with E-state index in [1.165, 1.54) is 12.8 Å². The Hall–Kier alpha value is -0.870. The second-order valence-corrected chi connectivity index (χ2v) is 6.17. The zero-order valence-corrected chi connectivity index (χ0v) is 13.7. The Morgan fingerprint density at radius 1 is 0.955 bits per heavy atom. The average molecular weight is 311 g/mol. The van der Waals surface area contributed by atoms with Crippen LogP contribution in [0.5, 0.6) is 0 Å². The molecule has 1 heterocycles. The van der Waals surface area contributed by atoms with Crippen molar-refractivity contribution in [3.63, 3.8) is 0 Å². The first-order chi connectivity index (χ1) is 10.7. The van der Waals surface area contributed by atoms with E-state index in [2.05, 4.69) is 12.2 Å². The highest BCUT2D eigenvalue weighted by Gasteiger charge is 2.36. The summed E-state index contributed by atoms with van der Waals surface area (Å²) in [6.45, 7) is 0.304. The van der Waals surface area contributed by atoms with Crippen molar-refractivity contribution in [3.8, 4) is 0 Å². The highest BCUT2D eigenvalue weighted by Crippen LogP contribution is 2.30. The lowest BCUT2D eigenvalue weighted by molar-refractivity contribution is -0.305. The number of carboxylic acid groups (broad SMARTS) is 1. The number of epoxide rings is 1. The van der Waals surface area contributed by atoms with Gasteiger partial charge in [0.25, 0.3) is 0 Å².